The first kappa shape index (κ1) is 18.8. The van der Waals surface area contributed by atoms with Crippen LogP contribution in [-0.4, -0.2) is 66.7 Å². The zero-order valence-corrected chi connectivity index (χ0v) is 16.4. The molecular formula is C19H22N8O2. The SMILES string of the molecule is Cc1cc(C)n(-c2ccc(N3CCN(C(=O)Cn4ncccc4=O)CC3)nn2)n1. The standard InChI is InChI=1S/C19H22N8O2/c1-14-12-15(2)27(23-14)17-6-5-16(21-22-17)24-8-10-25(11-9-24)19(29)13-26-18(28)4-3-7-20-26/h3-7,12H,8-11,13H2,1-2H3. The van der Waals surface area contributed by atoms with Gasteiger partial charge in [-0.15, -0.1) is 10.2 Å². The van der Waals surface area contributed by atoms with E-state index in [0.29, 0.717) is 32.0 Å². The molecule has 1 fully saturated rings. The highest BCUT2D eigenvalue weighted by Crippen LogP contribution is 2.15. The molecule has 0 bridgehead atoms. The van der Waals surface area contributed by atoms with Crippen molar-refractivity contribution >= 4 is 11.7 Å². The van der Waals surface area contributed by atoms with Crippen molar-refractivity contribution in [1.82, 2.24) is 34.7 Å². The summed E-state index contributed by atoms with van der Waals surface area (Å²) in [7, 11) is 0. The number of aromatic nitrogens is 6. The Morgan fingerprint density at radius 2 is 1.76 bits per heavy atom. The Bertz CT molecular complexity index is 1060. The van der Waals surface area contributed by atoms with E-state index in [1.807, 2.05) is 32.0 Å². The van der Waals surface area contributed by atoms with Crippen LogP contribution < -0.4 is 10.5 Å². The van der Waals surface area contributed by atoms with Gasteiger partial charge in [-0.3, -0.25) is 9.59 Å². The van der Waals surface area contributed by atoms with Crippen molar-refractivity contribution in [2.45, 2.75) is 20.4 Å². The third-order valence-electron chi connectivity index (χ3n) is 4.89. The molecule has 1 amide bonds. The van der Waals surface area contributed by atoms with Crippen LogP contribution in [-0.2, 0) is 11.3 Å². The average Bonchev–Trinajstić information content (AvgIpc) is 3.08. The van der Waals surface area contributed by atoms with Gasteiger partial charge in [-0.25, -0.2) is 9.36 Å². The van der Waals surface area contributed by atoms with E-state index in [4.69, 9.17) is 0 Å². The fourth-order valence-electron chi connectivity index (χ4n) is 3.38. The van der Waals surface area contributed by atoms with E-state index in [-0.39, 0.29) is 18.0 Å². The molecule has 3 aromatic heterocycles. The molecule has 0 unspecified atom stereocenters. The first-order chi connectivity index (χ1) is 14.0. The van der Waals surface area contributed by atoms with Crippen molar-refractivity contribution in [3.63, 3.8) is 0 Å². The van der Waals surface area contributed by atoms with Crippen molar-refractivity contribution in [3.8, 4) is 5.82 Å². The number of carbonyl (C=O) groups is 1. The second-order valence-corrected chi connectivity index (χ2v) is 6.98. The molecule has 0 atom stereocenters. The molecule has 0 saturated carbocycles. The van der Waals surface area contributed by atoms with Gasteiger partial charge in [0.1, 0.15) is 6.54 Å². The summed E-state index contributed by atoms with van der Waals surface area (Å²) < 4.78 is 2.94. The van der Waals surface area contributed by atoms with Gasteiger partial charge in [0.15, 0.2) is 11.6 Å². The van der Waals surface area contributed by atoms with Crippen LogP contribution in [0.4, 0.5) is 5.82 Å². The predicted molar refractivity (Wildman–Crippen MR) is 106 cm³/mol. The Balaban J connectivity index is 1.37. The highest BCUT2D eigenvalue weighted by Gasteiger charge is 2.23. The Labute approximate surface area is 167 Å². The summed E-state index contributed by atoms with van der Waals surface area (Å²) in [5.74, 6) is 1.33. The minimum absolute atomic E-state index is 0.0448. The Kier molecular flexibility index (Phi) is 5.07. The van der Waals surface area contributed by atoms with Crippen molar-refractivity contribution in [2.24, 2.45) is 0 Å². The molecular weight excluding hydrogens is 372 g/mol. The number of anilines is 1. The van der Waals surface area contributed by atoms with Gasteiger partial charge >= 0.3 is 0 Å². The lowest BCUT2D eigenvalue weighted by atomic mass is 10.3. The summed E-state index contributed by atoms with van der Waals surface area (Å²) >= 11 is 0. The van der Waals surface area contributed by atoms with Gasteiger partial charge in [-0.2, -0.15) is 10.2 Å². The van der Waals surface area contributed by atoms with Gasteiger partial charge in [0.25, 0.3) is 5.56 Å². The molecule has 0 radical (unpaired) electrons. The number of nitrogens with zero attached hydrogens (tertiary/aromatic N) is 8. The molecule has 10 nitrogen and oxygen atoms in total. The maximum absolute atomic E-state index is 12.5. The monoisotopic (exact) mass is 394 g/mol. The second kappa shape index (κ2) is 7.82. The fraction of sp³-hybridized carbons (Fsp3) is 0.368. The molecule has 10 heteroatoms. The molecule has 1 aliphatic heterocycles. The van der Waals surface area contributed by atoms with Crippen molar-refractivity contribution < 1.29 is 4.79 Å². The largest absolute Gasteiger partial charge is 0.352 e. The summed E-state index contributed by atoms with van der Waals surface area (Å²) in [4.78, 5) is 28.0. The van der Waals surface area contributed by atoms with Crippen LogP contribution in [0.5, 0.6) is 0 Å². The number of rotatable bonds is 4. The first-order valence-electron chi connectivity index (χ1n) is 9.43. The summed E-state index contributed by atoms with van der Waals surface area (Å²) in [6, 6.07) is 8.76. The van der Waals surface area contributed by atoms with Gasteiger partial charge in [-0.1, -0.05) is 0 Å². The van der Waals surface area contributed by atoms with Crippen LogP contribution in [0, 0.1) is 13.8 Å². The minimum Gasteiger partial charge on any atom is -0.352 e. The second-order valence-electron chi connectivity index (χ2n) is 6.98. The molecule has 4 rings (SSSR count). The van der Waals surface area contributed by atoms with Crippen molar-refractivity contribution in [2.75, 3.05) is 31.1 Å². The molecule has 1 aliphatic rings. The molecule has 1 saturated heterocycles. The molecule has 0 N–H and O–H groups in total. The summed E-state index contributed by atoms with van der Waals surface area (Å²) in [5, 5.41) is 17.0. The van der Waals surface area contributed by atoms with Gasteiger partial charge in [0.05, 0.1) is 5.69 Å². The van der Waals surface area contributed by atoms with Crippen LogP contribution in [0.1, 0.15) is 11.4 Å². The van der Waals surface area contributed by atoms with E-state index < -0.39 is 0 Å². The van der Waals surface area contributed by atoms with Gasteiger partial charge < -0.3 is 9.80 Å². The molecule has 3 aromatic rings. The zero-order chi connectivity index (χ0) is 20.4. The highest BCUT2D eigenvalue weighted by atomic mass is 16.2. The Morgan fingerprint density at radius 3 is 2.38 bits per heavy atom. The number of carbonyl (C=O) groups excluding carboxylic acids is 1. The number of piperazine rings is 1. The molecule has 0 aliphatic carbocycles. The van der Waals surface area contributed by atoms with Crippen molar-refractivity contribution in [1.29, 1.82) is 0 Å². The molecule has 29 heavy (non-hydrogen) atoms. The minimum atomic E-state index is -0.280. The van der Waals surface area contributed by atoms with E-state index in [9.17, 15) is 9.59 Å². The topological polar surface area (TPSA) is 102 Å². The van der Waals surface area contributed by atoms with Gasteiger partial charge in [0.2, 0.25) is 5.91 Å². The van der Waals surface area contributed by atoms with E-state index in [0.717, 1.165) is 17.2 Å². The normalized spacial score (nSPS) is 14.3. The van der Waals surface area contributed by atoms with E-state index in [1.54, 1.807) is 15.6 Å². The summed E-state index contributed by atoms with van der Waals surface area (Å²) in [5.41, 5.74) is 1.66. The first-order valence-corrected chi connectivity index (χ1v) is 9.43. The van der Waals surface area contributed by atoms with Crippen LogP contribution in [0.3, 0.4) is 0 Å². The number of amides is 1. The lowest BCUT2D eigenvalue weighted by Crippen LogP contribution is -2.50. The zero-order valence-electron chi connectivity index (χ0n) is 16.4. The maximum atomic E-state index is 12.5. The fourth-order valence-corrected chi connectivity index (χ4v) is 3.38. The smallest absolute Gasteiger partial charge is 0.267 e. The molecule has 4 heterocycles. The van der Waals surface area contributed by atoms with Gasteiger partial charge in [0, 0.05) is 44.1 Å². The predicted octanol–water partition coefficient (Wildman–Crippen LogP) is 0.185. The van der Waals surface area contributed by atoms with Crippen molar-refractivity contribution in [3.05, 3.63) is 58.3 Å². The lowest BCUT2D eigenvalue weighted by Gasteiger charge is -2.35. The van der Waals surface area contributed by atoms with Gasteiger partial charge in [-0.05, 0) is 38.1 Å². The number of hydrogen-bond donors (Lipinski definition) is 0. The van der Waals surface area contributed by atoms with Crippen LogP contribution in [0.15, 0.2) is 41.3 Å². The third-order valence-corrected chi connectivity index (χ3v) is 4.89. The Morgan fingerprint density at radius 1 is 1.03 bits per heavy atom. The lowest BCUT2D eigenvalue weighted by molar-refractivity contribution is -0.132. The summed E-state index contributed by atoms with van der Waals surface area (Å²) in [6.07, 6.45) is 1.50. The molecule has 0 spiro atoms. The third kappa shape index (κ3) is 4.00. The maximum Gasteiger partial charge on any atom is 0.267 e. The Hall–Kier alpha value is -3.56. The number of hydrogen-bond acceptors (Lipinski definition) is 7. The van der Waals surface area contributed by atoms with E-state index >= 15 is 0 Å². The quantitative estimate of drug-likeness (QED) is 0.622. The van der Waals surface area contributed by atoms with Crippen LogP contribution in [0.25, 0.3) is 5.82 Å². The van der Waals surface area contributed by atoms with Crippen LogP contribution >= 0.6 is 0 Å². The summed E-state index contributed by atoms with van der Waals surface area (Å²) in [6.45, 7) is 6.29. The van der Waals surface area contributed by atoms with E-state index in [2.05, 4.69) is 25.3 Å². The highest BCUT2D eigenvalue weighted by molar-refractivity contribution is 5.76. The molecule has 150 valence electrons. The average molecular weight is 394 g/mol. The van der Waals surface area contributed by atoms with Crippen LogP contribution in [0.2, 0.25) is 0 Å². The van der Waals surface area contributed by atoms with E-state index in [1.165, 1.54) is 16.9 Å². The number of aryl methyl sites for hydroxylation is 2. The molecule has 0 aromatic carbocycles.